The first kappa shape index (κ1) is 10.9. The molecule has 0 N–H and O–H groups in total. The SMILES string of the molecule is C=CC(=O)N1CCC[C@@H]1Cc1ccnn1C. The predicted molar refractivity (Wildman–Crippen MR) is 61.8 cm³/mol. The highest BCUT2D eigenvalue weighted by molar-refractivity contribution is 5.87. The van der Waals surface area contributed by atoms with Crippen LogP contribution in [0.2, 0.25) is 0 Å². The third kappa shape index (κ3) is 2.01. The van der Waals surface area contributed by atoms with Gasteiger partial charge in [-0.2, -0.15) is 5.10 Å². The van der Waals surface area contributed by atoms with Crippen molar-refractivity contribution >= 4 is 5.91 Å². The molecule has 1 saturated heterocycles. The van der Waals surface area contributed by atoms with E-state index in [-0.39, 0.29) is 5.91 Å². The van der Waals surface area contributed by atoms with E-state index in [4.69, 9.17) is 0 Å². The Hall–Kier alpha value is -1.58. The number of amides is 1. The van der Waals surface area contributed by atoms with Gasteiger partial charge in [-0.3, -0.25) is 9.48 Å². The van der Waals surface area contributed by atoms with Gasteiger partial charge in [0.25, 0.3) is 0 Å². The summed E-state index contributed by atoms with van der Waals surface area (Å²) in [4.78, 5) is 13.5. The summed E-state index contributed by atoms with van der Waals surface area (Å²) in [5, 5.41) is 4.14. The highest BCUT2D eigenvalue weighted by Crippen LogP contribution is 2.21. The van der Waals surface area contributed by atoms with E-state index < -0.39 is 0 Å². The Kier molecular flexibility index (Phi) is 3.08. The van der Waals surface area contributed by atoms with Crippen LogP contribution in [0.1, 0.15) is 18.5 Å². The number of nitrogens with zero attached hydrogens (tertiary/aromatic N) is 3. The zero-order valence-electron chi connectivity index (χ0n) is 9.59. The van der Waals surface area contributed by atoms with Crippen molar-refractivity contribution in [1.82, 2.24) is 14.7 Å². The largest absolute Gasteiger partial charge is 0.336 e. The Bertz CT molecular complexity index is 397. The lowest BCUT2D eigenvalue weighted by Crippen LogP contribution is -2.35. The van der Waals surface area contributed by atoms with Gasteiger partial charge in [-0.25, -0.2) is 0 Å². The average Bonchev–Trinajstić information content (AvgIpc) is 2.88. The van der Waals surface area contributed by atoms with Gasteiger partial charge in [0, 0.05) is 37.9 Å². The Morgan fingerprint density at radius 3 is 3.19 bits per heavy atom. The van der Waals surface area contributed by atoms with Crippen molar-refractivity contribution in [3.63, 3.8) is 0 Å². The summed E-state index contributed by atoms with van der Waals surface area (Å²) in [7, 11) is 1.93. The van der Waals surface area contributed by atoms with Gasteiger partial charge in [0.05, 0.1) is 0 Å². The average molecular weight is 219 g/mol. The predicted octanol–water partition coefficient (Wildman–Crippen LogP) is 1.14. The minimum absolute atomic E-state index is 0.0460. The fourth-order valence-corrected chi connectivity index (χ4v) is 2.30. The Balaban J connectivity index is 2.07. The van der Waals surface area contributed by atoms with E-state index in [0.29, 0.717) is 6.04 Å². The van der Waals surface area contributed by atoms with Crippen LogP contribution in [0.5, 0.6) is 0 Å². The Morgan fingerprint density at radius 2 is 2.56 bits per heavy atom. The number of aromatic nitrogens is 2. The molecule has 0 aliphatic carbocycles. The van der Waals surface area contributed by atoms with E-state index in [1.165, 1.54) is 11.8 Å². The lowest BCUT2D eigenvalue weighted by Gasteiger charge is -2.23. The van der Waals surface area contributed by atoms with Crippen molar-refractivity contribution in [2.75, 3.05) is 6.54 Å². The molecule has 1 aliphatic rings. The molecule has 1 aromatic heterocycles. The van der Waals surface area contributed by atoms with Crippen LogP contribution in [-0.2, 0) is 18.3 Å². The number of rotatable bonds is 3. The maximum absolute atomic E-state index is 11.6. The minimum atomic E-state index is 0.0460. The summed E-state index contributed by atoms with van der Waals surface area (Å²) in [6, 6.07) is 2.32. The first-order valence-corrected chi connectivity index (χ1v) is 5.62. The molecular weight excluding hydrogens is 202 g/mol. The van der Waals surface area contributed by atoms with Gasteiger partial charge in [-0.05, 0) is 25.0 Å². The summed E-state index contributed by atoms with van der Waals surface area (Å²) in [6.07, 6.45) is 6.24. The summed E-state index contributed by atoms with van der Waals surface area (Å²) in [5.41, 5.74) is 1.17. The molecule has 1 amide bonds. The monoisotopic (exact) mass is 219 g/mol. The van der Waals surface area contributed by atoms with Crippen molar-refractivity contribution in [2.45, 2.75) is 25.3 Å². The quantitative estimate of drug-likeness (QED) is 0.715. The van der Waals surface area contributed by atoms with E-state index in [0.717, 1.165) is 25.8 Å². The standard InChI is InChI=1S/C12H17N3O/c1-3-12(16)15-8-4-5-11(15)9-10-6-7-13-14(10)2/h3,6-7,11H,1,4-5,8-9H2,2H3/t11-/m1/s1. The van der Waals surface area contributed by atoms with Crippen molar-refractivity contribution in [3.8, 4) is 0 Å². The number of carbonyl (C=O) groups excluding carboxylic acids is 1. The number of hydrogen-bond acceptors (Lipinski definition) is 2. The van der Waals surface area contributed by atoms with Crippen LogP contribution >= 0.6 is 0 Å². The lowest BCUT2D eigenvalue weighted by molar-refractivity contribution is -0.126. The van der Waals surface area contributed by atoms with Crippen LogP contribution in [0.3, 0.4) is 0 Å². The van der Waals surface area contributed by atoms with Gasteiger partial charge in [-0.15, -0.1) is 0 Å². The first-order chi connectivity index (χ1) is 7.72. The number of aryl methyl sites for hydroxylation is 1. The maximum atomic E-state index is 11.6. The Morgan fingerprint density at radius 1 is 1.75 bits per heavy atom. The summed E-state index contributed by atoms with van der Waals surface area (Å²) in [6.45, 7) is 4.40. The zero-order chi connectivity index (χ0) is 11.5. The molecule has 1 aliphatic heterocycles. The molecule has 0 unspecified atom stereocenters. The molecule has 1 atom stereocenters. The van der Waals surface area contributed by atoms with Crippen LogP contribution in [-0.4, -0.2) is 33.2 Å². The zero-order valence-corrected chi connectivity index (χ0v) is 9.59. The molecule has 2 heterocycles. The number of hydrogen-bond donors (Lipinski definition) is 0. The van der Waals surface area contributed by atoms with Crippen molar-refractivity contribution < 1.29 is 4.79 Å². The summed E-state index contributed by atoms with van der Waals surface area (Å²) < 4.78 is 1.87. The van der Waals surface area contributed by atoms with Gasteiger partial charge < -0.3 is 4.90 Å². The molecule has 16 heavy (non-hydrogen) atoms. The van der Waals surface area contributed by atoms with Crippen LogP contribution in [0.4, 0.5) is 0 Å². The minimum Gasteiger partial charge on any atom is -0.336 e. The fraction of sp³-hybridized carbons (Fsp3) is 0.500. The second-order valence-electron chi connectivity index (χ2n) is 4.18. The van der Waals surface area contributed by atoms with Crippen LogP contribution in [0, 0.1) is 0 Å². The number of likely N-dealkylation sites (tertiary alicyclic amines) is 1. The molecular formula is C12H17N3O. The third-order valence-electron chi connectivity index (χ3n) is 3.20. The highest BCUT2D eigenvalue weighted by atomic mass is 16.2. The number of carbonyl (C=O) groups is 1. The van der Waals surface area contributed by atoms with Crippen LogP contribution in [0.15, 0.2) is 24.9 Å². The smallest absolute Gasteiger partial charge is 0.246 e. The van der Waals surface area contributed by atoms with E-state index >= 15 is 0 Å². The normalized spacial score (nSPS) is 20.1. The third-order valence-corrected chi connectivity index (χ3v) is 3.20. The Labute approximate surface area is 95.5 Å². The topological polar surface area (TPSA) is 38.1 Å². The van der Waals surface area contributed by atoms with E-state index in [9.17, 15) is 4.79 Å². The van der Waals surface area contributed by atoms with Gasteiger partial charge >= 0.3 is 0 Å². The first-order valence-electron chi connectivity index (χ1n) is 5.62. The summed E-state index contributed by atoms with van der Waals surface area (Å²) in [5.74, 6) is 0.0460. The maximum Gasteiger partial charge on any atom is 0.246 e. The molecule has 4 nitrogen and oxygen atoms in total. The van der Waals surface area contributed by atoms with Crippen LogP contribution in [0.25, 0.3) is 0 Å². The van der Waals surface area contributed by atoms with E-state index in [1.54, 1.807) is 6.20 Å². The van der Waals surface area contributed by atoms with Gasteiger partial charge in [0.1, 0.15) is 0 Å². The van der Waals surface area contributed by atoms with Crippen molar-refractivity contribution in [3.05, 3.63) is 30.6 Å². The fourth-order valence-electron chi connectivity index (χ4n) is 2.30. The van der Waals surface area contributed by atoms with Gasteiger partial charge in [-0.1, -0.05) is 6.58 Å². The molecule has 0 radical (unpaired) electrons. The molecule has 4 heteroatoms. The van der Waals surface area contributed by atoms with Crippen LogP contribution < -0.4 is 0 Å². The highest BCUT2D eigenvalue weighted by Gasteiger charge is 2.27. The molecule has 0 saturated carbocycles. The van der Waals surface area contributed by atoms with E-state index in [2.05, 4.69) is 11.7 Å². The second-order valence-corrected chi connectivity index (χ2v) is 4.18. The molecule has 1 fully saturated rings. The molecule has 0 bridgehead atoms. The van der Waals surface area contributed by atoms with Crippen molar-refractivity contribution in [1.29, 1.82) is 0 Å². The lowest BCUT2D eigenvalue weighted by atomic mass is 10.1. The van der Waals surface area contributed by atoms with Gasteiger partial charge in [0.15, 0.2) is 0 Å². The summed E-state index contributed by atoms with van der Waals surface area (Å²) >= 11 is 0. The molecule has 0 spiro atoms. The van der Waals surface area contributed by atoms with Crippen molar-refractivity contribution in [2.24, 2.45) is 7.05 Å². The van der Waals surface area contributed by atoms with E-state index in [1.807, 2.05) is 22.7 Å². The molecule has 0 aromatic carbocycles. The second kappa shape index (κ2) is 4.51. The van der Waals surface area contributed by atoms with Gasteiger partial charge in [0.2, 0.25) is 5.91 Å². The molecule has 2 rings (SSSR count). The molecule has 1 aromatic rings. The molecule has 86 valence electrons.